The number of rotatable bonds is 4. The lowest BCUT2D eigenvalue weighted by molar-refractivity contribution is -0.135. The van der Waals surface area contributed by atoms with Crippen LogP contribution in [0.2, 0.25) is 0 Å². The van der Waals surface area contributed by atoms with Crippen LogP contribution in [0.3, 0.4) is 0 Å². The first kappa shape index (κ1) is 30.0. The van der Waals surface area contributed by atoms with Gasteiger partial charge in [-0.3, -0.25) is 24.5 Å². The molecule has 43 heavy (non-hydrogen) atoms. The molecule has 3 amide bonds. The standard InChI is InChI=1S/C30H39FN4O7S/c31-24-10-7-8-19-16-34(18-23(19)24)29(39)42-21-14-25-27(37)32-30(28(38)33-43(40,41)22-12-13-22)15-20(30)9-5-3-1-2-4-6-11-26(36)35(25)17-21/h5,7-10,20-22,25,27,32,37H,1-4,6,11-18H2,(H,33,38)/b9-5-/t20-,21-,25+,27?,30-/m1/s1. The number of hydrogen-bond donors (Lipinski definition) is 3. The van der Waals surface area contributed by atoms with Gasteiger partial charge in [0, 0.05) is 30.9 Å². The first-order valence-electron chi connectivity index (χ1n) is 15.3. The van der Waals surface area contributed by atoms with Crippen molar-refractivity contribution in [3.05, 3.63) is 47.3 Å². The van der Waals surface area contributed by atoms with Crippen molar-refractivity contribution < 1.29 is 37.0 Å². The number of halogens is 1. The molecule has 6 rings (SSSR count). The molecule has 234 valence electrons. The van der Waals surface area contributed by atoms with Gasteiger partial charge in [0.25, 0.3) is 5.91 Å². The summed E-state index contributed by atoms with van der Waals surface area (Å²) < 4.78 is 47.4. The summed E-state index contributed by atoms with van der Waals surface area (Å²) >= 11 is 0. The zero-order valence-corrected chi connectivity index (χ0v) is 24.9. The van der Waals surface area contributed by atoms with Gasteiger partial charge in [-0.05, 0) is 50.2 Å². The van der Waals surface area contributed by atoms with Crippen LogP contribution < -0.4 is 10.0 Å². The number of amides is 3. The fraction of sp³-hybridized carbons (Fsp3) is 0.633. The van der Waals surface area contributed by atoms with Crippen LogP contribution in [0.25, 0.3) is 0 Å². The Kier molecular flexibility index (Phi) is 8.24. The van der Waals surface area contributed by atoms with Crippen LogP contribution >= 0.6 is 0 Å². The number of nitrogens with one attached hydrogen (secondary N) is 2. The second-order valence-corrected chi connectivity index (χ2v) is 14.5. The lowest BCUT2D eigenvalue weighted by Crippen LogP contribution is -2.58. The minimum atomic E-state index is -3.81. The fourth-order valence-corrected chi connectivity index (χ4v) is 7.94. The Hall–Kier alpha value is -3.03. The third-order valence-corrected chi connectivity index (χ3v) is 11.2. The van der Waals surface area contributed by atoms with Crippen LogP contribution in [0.1, 0.15) is 75.3 Å². The number of fused-ring (bicyclic) bond motifs is 3. The van der Waals surface area contributed by atoms with Crippen LogP contribution in [0.4, 0.5) is 9.18 Å². The molecular formula is C30H39FN4O7S. The quantitative estimate of drug-likeness (QED) is 0.437. The van der Waals surface area contributed by atoms with Crippen molar-refractivity contribution in [2.45, 2.75) is 106 Å². The molecule has 3 N–H and O–H groups in total. The molecule has 3 aliphatic heterocycles. The van der Waals surface area contributed by atoms with Crippen LogP contribution in [0.15, 0.2) is 30.4 Å². The maximum atomic E-state index is 14.2. The molecule has 11 nitrogen and oxygen atoms in total. The summed E-state index contributed by atoms with van der Waals surface area (Å²) in [5.74, 6) is -1.60. The maximum absolute atomic E-state index is 14.2. The summed E-state index contributed by atoms with van der Waals surface area (Å²) in [6, 6.07) is 3.91. The Morgan fingerprint density at radius 2 is 1.93 bits per heavy atom. The lowest BCUT2D eigenvalue weighted by Gasteiger charge is -2.31. The molecule has 1 unspecified atom stereocenters. The van der Waals surface area contributed by atoms with E-state index in [-0.39, 0.29) is 50.1 Å². The number of carbonyl (C=O) groups is 3. The minimum absolute atomic E-state index is 0.0711. The predicted molar refractivity (Wildman–Crippen MR) is 153 cm³/mol. The van der Waals surface area contributed by atoms with Crippen LogP contribution in [0.5, 0.6) is 0 Å². The zero-order valence-electron chi connectivity index (χ0n) is 24.0. The van der Waals surface area contributed by atoms with E-state index in [4.69, 9.17) is 4.74 Å². The van der Waals surface area contributed by atoms with Gasteiger partial charge >= 0.3 is 6.09 Å². The van der Waals surface area contributed by atoms with E-state index in [1.165, 1.54) is 15.9 Å². The Labute approximate surface area is 250 Å². The summed E-state index contributed by atoms with van der Waals surface area (Å²) in [6.07, 6.45) is 7.11. The molecule has 2 aliphatic carbocycles. The molecule has 13 heteroatoms. The van der Waals surface area contributed by atoms with E-state index < -0.39 is 51.2 Å². The smallest absolute Gasteiger partial charge is 0.410 e. The van der Waals surface area contributed by atoms with Gasteiger partial charge in [-0.15, -0.1) is 0 Å². The van der Waals surface area contributed by atoms with Crippen molar-refractivity contribution in [2.24, 2.45) is 5.92 Å². The van der Waals surface area contributed by atoms with Crippen molar-refractivity contribution >= 4 is 27.9 Å². The molecule has 1 aromatic carbocycles. The normalized spacial score (nSPS) is 32.1. The molecule has 3 heterocycles. The number of allylic oxidation sites excluding steroid dienone is 1. The van der Waals surface area contributed by atoms with Crippen molar-refractivity contribution in [3.8, 4) is 0 Å². The number of carbonyl (C=O) groups excluding carboxylic acids is 3. The van der Waals surface area contributed by atoms with Gasteiger partial charge in [0.1, 0.15) is 23.7 Å². The average molecular weight is 619 g/mol. The van der Waals surface area contributed by atoms with Gasteiger partial charge in [0.2, 0.25) is 15.9 Å². The van der Waals surface area contributed by atoms with Crippen molar-refractivity contribution in [1.29, 1.82) is 0 Å². The predicted octanol–water partition coefficient (Wildman–Crippen LogP) is 2.43. The number of sulfonamides is 1. The minimum Gasteiger partial charge on any atom is -0.444 e. The Morgan fingerprint density at radius 3 is 2.70 bits per heavy atom. The summed E-state index contributed by atoms with van der Waals surface area (Å²) in [5, 5.41) is 13.9. The number of ether oxygens (including phenoxy) is 1. The molecule has 0 spiro atoms. The van der Waals surface area contributed by atoms with Crippen molar-refractivity contribution in [2.75, 3.05) is 6.54 Å². The Bertz CT molecular complexity index is 1420. The molecule has 1 saturated heterocycles. The van der Waals surface area contributed by atoms with E-state index in [2.05, 4.69) is 10.0 Å². The Balaban J connectivity index is 1.18. The topological polar surface area (TPSA) is 145 Å². The monoisotopic (exact) mass is 618 g/mol. The van der Waals surface area contributed by atoms with Crippen LogP contribution in [-0.2, 0) is 37.4 Å². The largest absolute Gasteiger partial charge is 0.444 e. The van der Waals surface area contributed by atoms with Gasteiger partial charge in [-0.1, -0.05) is 37.1 Å². The van der Waals surface area contributed by atoms with E-state index in [1.54, 1.807) is 12.1 Å². The highest BCUT2D eigenvalue weighted by Gasteiger charge is 2.61. The molecule has 5 atom stereocenters. The summed E-state index contributed by atoms with van der Waals surface area (Å²) in [5.41, 5.74) is -0.174. The first-order chi connectivity index (χ1) is 20.6. The lowest BCUT2D eigenvalue weighted by atomic mass is 10.1. The number of aliphatic hydroxyl groups is 1. The Morgan fingerprint density at radius 1 is 1.14 bits per heavy atom. The number of aliphatic hydroxyl groups excluding tert-OH is 1. The van der Waals surface area contributed by atoms with Gasteiger partial charge in [0.15, 0.2) is 0 Å². The summed E-state index contributed by atoms with van der Waals surface area (Å²) in [7, 11) is -3.81. The molecule has 3 fully saturated rings. The van der Waals surface area contributed by atoms with Crippen LogP contribution in [0, 0.1) is 11.7 Å². The zero-order chi connectivity index (χ0) is 30.4. The molecule has 5 aliphatic rings. The molecule has 0 radical (unpaired) electrons. The van der Waals surface area contributed by atoms with E-state index in [9.17, 15) is 32.3 Å². The highest BCUT2D eigenvalue weighted by atomic mass is 32.2. The molecule has 0 bridgehead atoms. The highest BCUT2D eigenvalue weighted by molar-refractivity contribution is 7.91. The molecule has 0 aromatic heterocycles. The first-order valence-corrected chi connectivity index (χ1v) is 16.8. The second-order valence-electron chi connectivity index (χ2n) is 12.5. The van der Waals surface area contributed by atoms with E-state index in [0.29, 0.717) is 36.8 Å². The summed E-state index contributed by atoms with van der Waals surface area (Å²) in [4.78, 5) is 42.7. The number of benzene rings is 1. The van der Waals surface area contributed by atoms with E-state index in [1.807, 2.05) is 12.2 Å². The van der Waals surface area contributed by atoms with Crippen molar-refractivity contribution in [1.82, 2.24) is 19.8 Å². The number of hydrogen-bond acceptors (Lipinski definition) is 8. The average Bonchev–Trinajstić information content (AvgIpc) is 3.84. The maximum Gasteiger partial charge on any atom is 0.410 e. The molecule has 1 aromatic rings. The van der Waals surface area contributed by atoms with Gasteiger partial charge in [0.05, 0.1) is 24.4 Å². The van der Waals surface area contributed by atoms with E-state index in [0.717, 1.165) is 25.7 Å². The van der Waals surface area contributed by atoms with Crippen LogP contribution in [-0.4, -0.2) is 76.9 Å². The SMILES string of the molecule is O=C(O[C@@H]1C[C@H]2C(O)N[C@]3(C(=O)NS(=O)(=O)C4CC4)C[C@H]3/C=C\CCCCCCC(=O)N2C1)N1Cc2cccc(F)c2C1. The number of nitrogens with zero attached hydrogens (tertiary/aromatic N) is 2. The van der Waals surface area contributed by atoms with E-state index >= 15 is 0 Å². The van der Waals surface area contributed by atoms with Gasteiger partial charge < -0.3 is 14.7 Å². The van der Waals surface area contributed by atoms with Crippen molar-refractivity contribution in [3.63, 3.8) is 0 Å². The van der Waals surface area contributed by atoms with Gasteiger partial charge in [-0.2, -0.15) is 0 Å². The highest BCUT2D eigenvalue weighted by Crippen LogP contribution is 2.46. The van der Waals surface area contributed by atoms with Gasteiger partial charge in [-0.25, -0.2) is 17.6 Å². The third kappa shape index (κ3) is 6.30. The third-order valence-electron chi connectivity index (χ3n) is 9.34. The molecule has 2 saturated carbocycles. The fourth-order valence-electron chi connectivity index (χ4n) is 6.58. The molecular weight excluding hydrogens is 579 g/mol. The summed E-state index contributed by atoms with van der Waals surface area (Å²) in [6.45, 7) is 0.368. The second kappa shape index (κ2) is 11.8.